The molecule has 1 aromatic rings. The Bertz CT molecular complexity index is 375. The lowest BCUT2D eigenvalue weighted by molar-refractivity contribution is 0.0501. The Labute approximate surface area is 100 Å². The quantitative estimate of drug-likeness (QED) is 0.732. The number of halogens is 1. The summed E-state index contributed by atoms with van der Waals surface area (Å²) in [6, 6.07) is 6.04. The summed E-state index contributed by atoms with van der Waals surface area (Å²) >= 11 is 0. The molecular weight excluding hydrogens is 221 g/mol. The van der Waals surface area contributed by atoms with Crippen LogP contribution >= 0.6 is 0 Å². The van der Waals surface area contributed by atoms with Crippen LogP contribution in [0, 0.1) is 11.7 Å². The summed E-state index contributed by atoms with van der Waals surface area (Å²) in [5.41, 5.74) is 6.51. The fourth-order valence-corrected chi connectivity index (χ4v) is 2.61. The van der Waals surface area contributed by atoms with Crippen molar-refractivity contribution in [3.63, 3.8) is 0 Å². The Balaban J connectivity index is 2.06. The molecule has 0 radical (unpaired) electrons. The molecule has 1 aliphatic rings. The molecule has 1 aromatic carbocycles. The second-order valence-electron chi connectivity index (χ2n) is 4.75. The average molecular weight is 239 g/mol. The van der Waals surface area contributed by atoms with E-state index in [4.69, 9.17) is 5.73 Å². The van der Waals surface area contributed by atoms with Crippen LogP contribution < -0.4 is 5.73 Å². The second kappa shape index (κ2) is 5.12. The molecule has 1 fully saturated rings. The monoisotopic (exact) mass is 239 g/mol. The predicted octanol–water partition coefficient (Wildman–Crippen LogP) is 0.827. The molecule has 0 aromatic heterocycles. The van der Waals surface area contributed by atoms with E-state index in [1.54, 1.807) is 18.2 Å². The first kappa shape index (κ1) is 12.5. The summed E-state index contributed by atoms with van der Waals surface area (Å²) in [4.78, 5) is 0. The lowest BCUT2D eigenvalue weighted by Crippen LogP contribution is -2.42. The van der Waals surface area contributed by atoms with E-state index < -0.39 is 18.2 Å². The van der Waals surface area contributed by atoms with Crippen molar-refractivity contribution in [1.82, 2.24) is 0 Å². The van der Waals surface area contributed by atoms with Gasteiger partial charge in [0.05, 0.1) is 12.2 Å². The van der Waals surface area contributed by atoms with Gasteiger partial charge >= 0.3 is 0 Å². The van der Waals surface area contributed by atoms with Crippen molar-refractivity contribution in [3.05, 3.63) is 35.6 Å². The molecule has 2 rings (SSSR count). The molecule has 17 heavy (non-hydrogen) atoms. The van der Waals surface area contributed by atoms with Crippen LogP contribution in [-0.2, 0) is 6.42 Å². The van der Waals surface area contributed by atoms with Crippen molar-refractivity contribution in [3.8, 4) is 0 Å². The standard InChI is InChI=1S/C13H18FNO2/c14-9-4-2-1-3-8(9)7-10(15)13-11(16)5-6-12(13)17/h1-4,10-13,16-17H,5-7,15H2/t10-,11-,12-/m0/s1. The van der Waals surface area contributed by atoms with E-state index >= 15 is 0 Å². The first-order valence-corrected chi connectivity index (χ1v) is 5.94. The lowest BCUT2D eigenvalue weighted by Gasteiger charge is -2.25. The van der Waals surface area contributed by atoms with Crippen molar-refractivity contribution >= 4 is 0 Å². The largest absolute Gasteiger partial charge is 0.393 e. The zero-order valence-electron chi connectivity index (χ0n) is 9.59. The normalized spacial score (nSPS) is 27.3. The van der Waals surface area contributed by atoms with Crippen molar-refractivity contribution in [2.24, 2.45) is 11.7 Å². The molecule has 94 valence electrons. The molecule has 1 aliphatic carbocycles. The summed E-state index contributed by atoms with van der Waals surface area (Å²) in [5.74, 6) is -0.639. The molecule has 0 amide bonds. The molecule has 0 aliphatic heterocycles. The second-order valence-corrected chi connectivity index (χ2v) is 4.75. The van der Waals surface area contributed by atoms with Gasteiger partial charge in [-0.25, -0.2) is 4.39 Å². The Hall–Kier alpha value is -0.970. The predicted molar refractivity (Wildman–Crippen MR) is 62.8 cm³/mol. The molecule has 0 bridgehead atoms. The van der Waals surface area contributed by atoms with Crippen LogP contribution in [0.25, 0.3) is 0 Å². The fourth-order valence-electron chi connectivity index (χ4n) is 2.61. The molecule has 0 spiro atoms. The van der Waals surface area contributed by atoms with Gasteiger partial charge < -0.3 is 15.9 Å². The highest BCUT2D eigenvalue weighted by molar-refractivity contribution is 5.19. The summed E-state index contributed by atoms with van der Waals surface area (Å²) in [6.07, 6.45) is 0.317. The van der Waals surface area contributed by atoms with Gasteiger partial charge in [-0.15, -0.1) is 0 Å². The van der Waals surface area contributed by atoms with Crippen LogP contribution in [0.4, 0.5) is 4.39 Å². The Morgan fingerprint density at radius 2 is 1.82 bits per heavy atom. The van der Waals surface area contributed by atoms with E-state index in [2.05, 4.69) is 0 Å². The minimum Gasteiger partial charge on any atom is -0.393 e. The molecule has 0 unspecified atom stereocenters. The number of aliphatic hydroxyl groups excluding tert-OH is 2. The van der Waals surface area contributed by atoms with Gasteiger partial charge in [-0.3, -0.25) is 0 Å². The van der Waals surface area contributed by atoms with E-state index in [0.29, 0.717) is 24.8 Å². The maximum atomic E-state index is 13.5. The fraction of sp³-hybridized carbons (Fsp3) is 0.538. The number of hydrogen-bond donors (Lipinski definition) is 3. The highest BCUT2D eigenvalue weighted by Crippen LogP contribution is 2.29. The highest BCUT2D eigenvalue weighted by Gasteiger charge is 2.37. The Kier molecular flexibility index (Phi) is 3.76. The molecule has 0 saturated heterocycles. The third-order valence-electron chi connectivity index (χ3n) is 3.55. The number of rotatable bonds is 3. The molecule has 0 heterocycles. The topological polar surface area (TPSA) is 66.5 Å². The zero-order valence-corrected chi connectivity index (χ0v) is 9.59. The van der Waals surface area contributed by atoms with Gasteiger partial charge in [-0.05, 0) is 30.9 Å². The SMILES string of the molecule is N[C@@H](Cc1ccccc1F)C1[C@@H](O)CC[C@@H]1O. The molecule has 3 atom stereocenters. The third kappa shape index (κ3) is 2.65. The molecule has 1 saturated carbocycles. The molecule has 3 nitrogen and oxygen atoms in total. The van der Waals surface area contributed by atoms with Crippen LogP contribution in [0.5, 0.6) is 0 Å². The van der Waals surface area contributed by atoms with E-state index in [1.807, 2.05) is 0 Å². The van der Waals surface area contributed by atoms with Crippen LogP contribution in [0.1, 0.15) is 18.4 Å². The van der Waals surface area contributed by atoms with Gasteiger partial charge in [0.1, 0.15) is 5.82 Å². The van der Waals surface area contributed by atoms with Crippen LogP contribution in [0.15, 0.2) is 24.3 Å². The minimum absolute atomic E-state index is 0.287. The minimum atomic E-state index is -0.577. The number of benzene rings is 1. The smallest absolute Gasteiger partial charge is 0.126 e. The average Bonchev–Trinajstić information content (AvgIpc) is 2.62. The van der Waals surface area contributed by atoms with Gasteiger partial charge in [-0.2, -0.15) is 0 Å². The molecule has 4 heteroatoms. The van der Waals surface area contributed by atoms with Gasteiger partial charge in [-0.1, -0.05) is 18.2 Å². The summed E-state index contributed by atoms with van der Waals surface area (Å²) in [7, 11) is 0. The summed E-state index contributed by atoms with van der Waals surface area (Å²) < 4.78 is 13.5. The number of hydrogen-bond acceptors (Lipinski definition) is 3. The van der Waals surface area contributed by atoms with E-state index in [9.17, 15) is 14.6 Å². The van der Waals surface area contributed by atoms with Crippen LogP contribution in [0.3, 0.4) is 0 Å². The first-order valence-electron chi connectivity index (χ1n) is 5.94. The maximum absolute atomic E-state index is 13.5. The van der Waals surface area contributed by atoms with E-state index in [-0.39, 0.29) is 11.7 Å². The third-order valence-corrected chi connectivity index (χ3v) is 3.55. The van der Waals surface area contributed by atoms with E-state index in [0.717, 1.165) is 0 Å². The molecule has 4 N–H and O–H groups in total. The van der Waals surface area contributed by atoms with Crippen molar-refractivity contribution < 1.29 is 14.6 Å². The maximum Gasteiger partial charge on any atom is 0.126 e. The van der Waals surface area contributed by atoms with Crippen molar-refractivity contribution in [2.45, 2.75) is 37.5 Å². The summed E-state index contributed by atoms with van der Waals surface area (Å²) in [6.45, 7) is 0. The van der Waals surface area contributed by atoms with Gasteiger partial charge in [0, 0.05) is 12.0 Å². The lowest BCUT2D eigenvalue weighted by atomic mass is 9.90. The number of nitrogens with two attached hydrogens (primary N) is 1. The Morgan fingerprint density at radius 1 is 1.24 bits per heavy atom. The van der Waals surface area contributed by atoms with Crippen LogP contribution in [0.2, 0.25) is 0 Å². The zero-order chi connectivity index (χ0) is 12.4. The molecular formula is C13H18FNO2. The Morgan fingerprint density at radius 3 is 2.41 bits per heavy atom. The van der Waals surface area contributed by atoms with Crippen molar-refractivity contribution in [2.75, 3.05) is 0 Å². The van der Waals surface area contributed by atoms with E-state index in [1.165, 1.54) is 6.07 Å². The van der Waals surface area contributed by atoms with Crippen LogP contribution in [-0.4, -0.2) is 28.5 Å². The highest BCUT2D eigenvalue weighted by atomic mass is 19.1. The van der Waals surface area contributed by atoms with Crippen molar-refractivity contribution in [1.29, 1.82) is 0 Å². The summed E-state index contributed by atoms with van der Waals surface area (Å²) in [5, 5.41) is 19.5. The van der Waals surface area contributed by atoms with Gasteiger partial charge in [0.15, 0.2) is 0 Å². The number of aliphatic hydroxyl groups is 2. The first-order chi connectivity index (χ1) is 8.09. The van der Waals surface area contributed by atoms with Gasteiger partial charge in [0.25, 0.3) is 0 Å². The van der Waals surface area contributed by atoms with Gasteiger partial charge in [0.2, 0.25) is 0 Å².